The highest BCUT2D eigenvalue weighted by molar-refractivity contribution is 5.77. The van der Waals surface area contributed by atoms with Gasteiger partial charge in [-0.15, -0.1) is 0 Å². The van der Waals surface area contributed by atoms with E-state index in [0.29, 0.717) is 5.65 Å². The standard InChI is InChI=1S/C11H12N6/c1-6-7(5-13-17-6)10-14-8-3-4-9(12-2)15-11(8)16-10/h3-5H,1-2H3,(H,13,17)(H2,12,14,15,16). The summed E-state index contributed by atoms with van der Waals surface area (Å²) in [5.74, 6) is 1.59. The molecule has 3 aromatic heterocycles. The number of hydrogen-bond acceptors (Lipinski definition) is 4. The quantitative estimate of drug-likeness (QED) is 0.623. The Balaban J connectivity index is 2.17. The van der Waals surface area contributed by atoms with Crippen LogP contribution in [0.5, 0.6) is 0 Å². The summed E-state index contributed by atoms with van der Waals surface area (Å²) in [6, 6.07) is 3.87. The van der Waals surface area contributed by atoms with Gasteiger partial charge < -0.3 is 10.3 Å². The summed E-state index contributed by atoms with van der Waals surface area (Å²) < 4.78 is 0. The Morgan fingerprint density at radius 3 is 2.82 bits per heavy atom. The van der Waals surface area contributed by atoms with Crippen LogP contribution in [0.1, 0.15) is 5.69 Å². The fraction of sp³-hybridized carbons (Fsp3) is 0.182. The predicted octanol–water partition coefficient (Wildman–Crippen LogP) is 1.70. The molecule has 86 valence electrons. The van der Waals surface area contributed by atoms with Gasteiger partial charge >= 0.3 is 0 Å². The molecule has 0 atom stereocenters. The molecule has 0 aromatic carbocycles. The average Bonchev–Trinajstić information content (AvgIpc) is 2.93. The lowest BCUT2D eigenvalue weighted by Crippen LogP contribution is -1.91. The first-order chi connectivity index (χ1) is 8.28. The van der Waals surface area contributed by atoms with E-state index in [2.05, 4.69) is 30.5 Å². The largest absolute Gasteiger partial charge is 0.373 e. The van der Waals surface area contributed by atoms with Crippen LogP contribution >= 0.6 is 0 Å². The first kappa shape index (κ1) is 9.83. The van der Waals surface area contributed by atoms with Crippen molar-refractivity contribution in [3.63, 3.8) is 0 Å². The number of nitrogens with zero attached hydrogens (tertiary/aromatic N) is 3. The number of rotatable bonds is 2. The summed E-state index contributed by atoms with van der Waals surface area (Å²) in [5.41, 5.74) is 3.57. The third-order valence-corrected chi connectivity index (χ3v) is 2.69. The van der Waals surface area contributed by atoms with Crippen molar-refractivity contribution in [2.45, 2.75) is 6.92 Å². The maximum atomic E-state index is 4.46. The molecule has 0 unspecified atom stereocenters. The van der Waals surface area contributed by atoms with Crippen LogP contribution in [0, 0.1) is 6.92 Å². The van der Waals surface area contributed by atoms with Gasteiger partial charge in [0.25, 0.3) is 0 Å². The van der Waals surface area contributed by atoms with Gasteiger partial charge in [-0.25, -0.2) is 9.97 Å². The maximum Gasteiger partial charge on any atom is 0.180 e. The minimum atomic E-state index is 0.701. The highest BCUT2D eigenvalue weighted by atomic mass is 15.1. The zero-order chi connectivity index (χ0) is 11.8. The van der Waals surface area contributed by atoms with Crippen LogP contribution in [0.2, 0.25) is 0 Å². The number of nitrogens with one attached hydrogen (secondary N) is 3. The second-order valence-corrected chi connectivity index (χ2v) is 3.81. The van der Waals surface area contributed by atoms with E-state index >= 15 is 0 Å². The van der Waals surface area contributed by atoms with Crippen LogP contribution < -0.4 is 5.32 Å². The second kappa shape index (κ2) is 3.58. The molecule has 6 heteroatoms. The molecular formula is C11H12N6. The van der Waals surface area contributed by atoms with Crippen molar-refractivity contribution >= 4 is 17.0 Å². The molecule has 17 heavy (non-hydrogen) atoms. The number of aromatic nitrogens is 5. The number of imidazole rings is 1. The third kappa shape index (κ3) is 1.54. The predicted molar refractivity (Wildman–Crippen MR) is 65.8 cm³/mol. The number of anilines is 1. The van der Waals surface area contributed by atoms with Gasteiger partial charge in [0.05, 0.1) is 17.3 Å². The van der Waals surface area contributed by atoms with E-state index in [1.165, 1.54) is 0 Å². The van der Waals surface area contributed by atoms with Gasteiger partial charge in [0, 0.05) is 12.7 Å². The summed E-state index contributed by atoms with van der Waals surface area (Å²) in [6.07, 6.45) is 1.76. The molecule has 3 rings (SSSR count). The van der Waals surface area contributed by atoms with Crippen molar-refractivity contribution in [1.29, 1.82) is 0 Å². The molecule has 3 heterocycles. The number of pyridine rings is 1. The molecule has 0 saturated carbocycles. The summed E-state index contributed by atoms with van der Waals surface area (Å²) in [6.45, 7) is 1.96. The Hall–Kier alpha value is -2.37. The van der Waals surface area contributed by atoms with Gasteiger partial charge in [-0.3, -0.25) is 5.10 Å². The Kier molecular flexibility index (Phi) is 2.07. The minimum absolute atomic E-state index is 0.701. The maximum absolute atomic E-state index is 4.46. The van der Waals surface area contributed by atoms with E-state index in [9.17, 15) is 0 Å². The Labute approximate surface area is 97.5 Å². The molecule has 3 N–H and O–H groups in total. The van der Waals surface area contributed by atoms with Gasteiger partial charge in [-0.1, -0.05) is 0 Å². The van der Waals surface area contributed by atoms with Gasteiger partial charge in [0.15, 0.2) is 5.65 Å². The molecule has 0 radical (unpaired) electrons. The molecule has 3 aromatic rings. The van der Waals surface area contributed by atoms with E-state index in [-0.39, 0.29) is 0 Å². The molecular weight excluding hydrogens is 216 g/mol. The summed E-state index contributed by atoms with van der Waals surface area (Å²) in [7, 11) is 1.84. The monoisotopic (exact) mass is 228 g/mol. The van der Waals surface area contributed by atoms with Crippen LogP contribution in [-0.4, -0.2) is 32.2 Å². The number of aryl methyl sites for hydroxylation is 1. The first-order valence-electron chi connectivity index (χ1n) is 5.33. The molecule has 0 aliphatic rings. The van der Waals surface area contributed by atoms with Crippen LogP contribution in [0.3, 0.4) is 0 Å². The number of aromatic amines is 2. The fourth-order valence-electron chi connectivity index (χ4n) is 1.75. The lowest BCUT2D eigenvalue weighted by molar-refractivity contribution is 1.05. The first-order valence-corrected chi connectivity index (χ1v) is 5.33. The van der Waals surface area contributed by atoms with Crippen molar-refractivity contribution in [2.24, 2.45) is 0 Å². The zero-order valence-electron chi connectivity index (χ0n) is 9.57. The Morgan fingerprint density at radius 1 is 1.24 bits per heavy atom. The van der Waals surface area contributed by atoms with E-state index in [0.717, 1.165) is 28.4 Å². The average molecular weight is 228 g/mol. The number of H-pyrrole nitrogens is 2. The molecule has 0 saturated heterocycles. The number of fused-ring (bicyclic) bond motifs is 1. The molecule has 0 amide bonds. The lowest BCUT2D eigenvalue weighted by Gasteiger charge is -1.95. The van der Waals surface area contributed by atoms with Gasteiger partial charge in [0.2, 0.25) is 0 Å². The van der Waals surface area contributed by atoms with Crippen LogP contribution in [-0.2, 0) is 0 Å². The zero-order valence-corrected chi connectivity index (χ0v) is 9.57. The van der Waals surface area contributed by atoms with E-state index < -0.39 is 0 Å². The van der Waals surface area contributed by atoms with Crippen molar-refractivity contribution in [2.75, 3.05) is 12.4 Å². The highest BCUT2D eigenvalue weighted by Crippen LogP contribution is 2.21. The van der Waals surface area contributed by atoms with Crippen molar-refractivity contribution in [3.8, 4) is 11.4 Å². The van der Waals surface area contributed by atoms with Crippen molar-refractivity contribution in [1.82, 2.24) is 25.1 Å². The summed E-state index contributed by atoms with van der Waals surface area (Å²) >= 11 is 0. The third-order valence-electron chi connectivity index (χ3n) is 2.69. The molecule has 0 aliphatic carbocycles. The highest BCUT2D eigenvalue weighted by Gasteiger charge is 2.10. The van der Waals surface area contributed by atoms with Crippen LogP contribution in [0.25, 0.3) is 22.6 Å². The van der Waals surface area contributed by atoms with Gasteiger partial charge in [-0.2, -0.15) is 5.10 Å². The molecule has 0 fully saturated rings. The normalized spacial score (nSPS) is 10.9. The topological polar surface area (TPSA) is 82.3 Å². The molecule has 0 aliphatic heterocycles. The minimum Gasteiger partial charge on any atom is -0.373 e. The molecule has 0 spiro atoms. The fourth-order valence-corrected chi connectivity index (χ4v) is 1.75. The summed E-state index contributed by atoms with van der Waals surface area (Å²) in [5, 5.41) is 9.87. The SMILES string of the molecule is CNc1ccc2[nH]c(-c3cn[nH]c3C)nc2n1. The van der Waals surface area contributed by atoms with E-state index in [1.807, 2.05) is 26.1 Å². The summed E-state index contributed by atoms with van der Waals surface area (Å²) in [4.78, 5) is 12.1. The number of hydrogen-bond donors (Lipinski definition) is 3. The van der Waals surface area contributed by atoms with Crippen molar-refractivity contribution in [3.05, 3.63) is 24.0 Å². The van der Waals surface area contributed by atoms with Crippen molar-refractivity contribution < 1.29 is 0 Å². The Morgan fingerprint density at radius 2 is 2.12 bits per heavy atom. The van der Waals surface area contributed by atoms with Crippen LogP contribution in [0.15, 0.2) is 18.3 Å². The van der Waals surface area contributed by atoms with Gasteiger partial charge in [0.1, 0.15) is 11.6 Å². The van der Waals surface area contributed by atoms with Gasteiger partial charge in [-0.05, 0) is 19.1 Å². The molecule has 6 nitrogen and oxygen atoms in total. The Bertz CT molecular complexity index is 665. The molecule has 0 bridgehead atoms. The van der Waals surface area contributed by atoms with E-state index in [4.69, 9.17) is 0 Å². The lowest BCUT2D eigenvalue weighted by atomic mass is 10.2. The van der Waals surface area contributed by atoms with E-state index in [1.54, 1.807) is 6.20 Å². The van der Waals surface area contributed by atoms with Crippen LogP contribution in [0.4, 0.5) is 5.82 Å². The second-order valence-electron chi connectivity index (χ2n) is 3.81. The smallest absolute Gasteiger partial charge is 0.180 e.